The van der Waals surface area contributed by atoms with Crippen molar-refractivity contribution in [2.45, 2.75) is 31.0 Å². The molecule has 0 radical (unpaired) electrons. The fourth-order valence-electron chi connectivity index (χ4n) is 2.71. The molecular weight excluding hydrogens is 328 g/mol. The molecule has 1 aliphatic rings. The van der Waals surface area contributed by atoms with Gasteiger partial charge in [0, 0.05) is 6.54 Å². The normalized spacial score (nSPS) is 25.9. The Labute approximate surface area is 143 Å². The quantitative estimate of drug-likeness (QED) is 0.408. The maximum atomic E-state index is 12.3. The molecule has 1 amide bonds. The molecule has 1 saturated heterocycles. The van der Waals surface area contributed by atoms with Gasteiger partial charge in [-0.25, -0.2) is 4.98 Å². The third-order valence-corrected chi connectivity index (χ3v) is 4.08. The summed E-state index contributed by atoms with van der Waals surface area (Å²) in [5, 5.41) is 31.7. The van der Waals surface area contributed by atoms with E-state index in [0.29, 0.717) is 6.54 Å². The molecule has 0 saturated carbocycles. The molecule has 2 heterocycles. The Bertz CT molecular complexity index is 735. The number of H-pyrrole nitrogens is 1. The first-order chi connectivity index (χ1) is 12.0. The van der Waals surface area contributed by atoms with E-state index in [-0.39, 0.29) is 17.3 Å². The number of nitrogens with one attached hydrogen (secondary N) is 2. The average Bonchev–Trinajstić information content (AvgIpc) is 3.14. The van der Waals surface area contributed by atoms with Crippen LogP contribution in [0.25, 0.3) is 0 Å². The highest BCUT2D eigenvalue weighted by Crippen LogP contribution is 2.32. The van der Waals surface area contributed by atoms with Gasteiger partial charge < -0.3 is 36.1 Å². The number of nitrogen functional groups attached to an aromatic ring is 1. The highest BCUT2D eigenvalue weighted by Gasteiger charge is 2.44. The standard InChI is InChI=1S/C16H20N4O5/c17-14-10(16(24)18-6-8-4-2-1-3-5-8)19-15(20-14)13-12(23)11(22)9(7-21)25-13/h1-5,9,11-13,21-23H,6-7,17H2,(H,18,24)(H,19,20). The molecule has 3 rings (SSSR count). The molecule has 1 aromatic heterocycles. The van der Waals surface area contributed by atoms with Gasteiger partial charge in [0.1, 0.15) is 35.9 Å². The van der Waals surface area contributed by atoms with Crippen LogP contribution in [-0.4, -0.2) is 56.1 Å². The molecule has 1 fully saturated rings. The van der Waals surface area contributed by atoms with E-state index in [1.54, 1.807) is 0 Å². The molecule has 7 N–H and O–H groups in total. The van der Waals surface area contributed by atoms with Crippen LogP contribution in [0.4, 0.5) is 5.82 Å². The minimum Gasteiger partial charge on any atom is -0.394 e. The van der Waals surface area contributed by atoms with Gasteiger partial charge in [0.05, 0.1) is 6.61 Å². The van der Waals surface area contributed by atoms with Crippen molar-refractivity contribution in [3.05, 3.63) is 47.4 Å². The van der Waals surface area contributed by atoms with Crippen molar-refractivity contribution in [1.82, 2.24) is 15.3 Å². The summed E-state index contributed by atoms with van der Waals surface area (Å²) in [5.41, 5.74) is 6.75. The summed E-state index contributed by atoms with van der Waals surface area (Å²) in [7, 11) is 0. The van der Waals surface area contributed by atoms with Crippen molar-refractivity contribution in [2.75, 3.05) is 12.3 Å². The van der Waals surface area contributed by atoms with Crippen molar-refractivity contribution in [3.63, 3.8) is 0 Å². The molecule has 0 bridgehead atoms. The Morgan fingerprint density at radius 1 is 1.28 bits per heavy atom. The molecule has 4 unspecified atom stereocenters. The van der Waals surface area contributed by atoms with E-state index in [1.165, 1.54) is 0 Å². The van der Waals surface area contributed by atoms with Crippen LogP contribution in [0, 0.1) is 0 Å². The number of carbonyl (C=O) groups excluding carboxylic acids is 1. The van der Waals surface area contributed by atoms with Crippen LogP contribution in [0.15, 0.2) is 30.3 Å². The molecule has 1 aromatic carbocycles. The first kappa shape index (κ1) is 17.4. The van der Waals surface area contributed by atoms with Crippen LogP contribution in [0.3, 0.4) is 0 Å². The molecule has 0 spiro atoms. The smallest absolute Gasteiger partial charge is 0.271 e. The van der Waals surface area contributed by atoms with Gasteiger partial charge in [-0.1, -0.05) is 30.3 Å². The van der Waals surface area contributed by atoms with E-state index in [4.69, 9.17) is 15.6 Å². The van der Waals surface area contributed by atoms with Gasteiger partial charge in [0.2, 0.25) is 0 Å². The zero-order valence-corrected chi connectivity index (χ0v) is 13.3. The van der Waals surface area contributed by atoms with Gasteiger partial charge in [-0.2, -0.15) is 0 Å². The fraction of sp³-hybridized carbons (Fsp3) is 0.375. The van der Waals surface area contributed by atoms with Crippen LogP contribution in [0.5, 0.6) is 0 Å². The first-order valence-corrected chi connectivity index (χ1v) is 7.81. The number of aliphatic hydroxyl groups excluding tert-OH is 3. The highest BCUT2D eigenvalue weighted by molar-refractivity contribution is 5.96. The number of benzene rings is 1. The maximum Gasteiger partial charge on any atom is 0.271 e. The number of nitrogens with two attached hydrogens (primary N) is 1. The third kappa shape index (κ3) is 3.49. The minimum atomic E-state index is -1.29. The summed E-state index contributed by atoms with van der Waals surface area (Å²) >= 11 is 0. The lowest BCUT2D eigenvalue weighted by atomic mass is 10.1. The van der Waals surface area contributed by atoms with Gasteiger partial charge in [-0.3, -0.25) is 4.79 Å². The Morgan fingerprint density at radius 3 is 2.64 bits per heavy atom. The second-order valence-electron chi connectivity index (χ2n) is 5.81. The molecule has 134 valence electrons. The molecule has 2 aromatic rings. The number of carbonyl (C=O) groups is 1. The second kappa shape index (κ2) is 7.19. The molecule has 4 atom stereocenters. The van der Waals surface area contributed by atoms with Crippen molar-refractivity contribution >= 4 is 11.7 Å². The van der Waals surface area contributed by atoms with Gasteiger partial charge in [0.15, 0.2) is 5.82 Å². The molecule has 9 heteroatoms. The number of hydrogen-bond acceptors (Lipinski definition) is 7. The van der Waals surface area contributed by atoms with Crippen LogP contribution in [0.1, 0.15) is 28.0 Å². The summed E-state index contributed by atoms with van der Waals surface area (Å²) in [4.78, 5) is 19.0. The Hall–Kier alpha value is -2.46. The number of anilines is 1. The van der Waals surface area contributed by atoms with Gasteiger partial charge in [-0.05, 0) is 5.56 Å². The summed E-state index contributed by atoms with van der Waals surface area (Å²) in [6.45, 7) is -0.128. The summed E-state index contributed by atoms with van der Waals surface area (Å²) in [6, 6.07) is 9.37. The topological polar surface area (TPSA) is 154 Å². The number of ether oxygens (including phenoxy) is 1. The average molecular weight is 348 g/mol. The fourth-order valence-corrected chi connectivity index (χ4v) is 2.71. The second-order valence-corrected chi connectivity index (χ2v) is 5.81. The van der Waals surface area contributed by atoms with Crippen molar-refractivity contribution in [2.24, 2.45) is 0 Å². The van der Waals surface area contributed by atoms with Crippen LogP contribution < -0.4 is 11.1 Å². The minimum absolute atomic E-state index is 0.0432. The molecule has 1 aliphatic heterocycles. The van der Waals surface area contributed by atoms with Crippen LogP contribution >= 0.6 is 0 Å². The number of aromatic amines is 1. The molecular formula is C16H20N4O5. The van der Waals surface area contributed by atoms with E-state index in [2.05, 4.69) is 15.3 Å². The van der Waals surface area contributed by atoms with E-state index in [0.717, 1.165) is 5.56 Å². The first-order valence-electron chi connectivity index (χ1n) is 7.81. The summed E-state index contributed by atoms with van der Waals surface area (Å²) in [6.07, 6.45) is -4.48. The van der Waals surface area contributed by atoms with Crippen LogP contribution in [-0.2, 0) is 11.3 Å². The van der Waals surface area contributed by atoms with Crippen molar-refractivity contribution in [3.8, 4) is 0 Å². The predicted molar refractivity (Wildman–Crippen MR) is 87.3 cm³/mol. The number of hydrogen-bond donors (Lipinski definition) is 6. The lowest BCUT2D eigenvalue weighted by Gasteiger charge is -2.11. The summed E-state index contributed by atoms with van der Waals surface area (Å²) < 4.78 is 5.37. The van der Waals surface area contributed by atoms with Gasteiger partial charge in [0.25, 0.3) is 5.91 Å². The summed E-state index contributed by atoms with van der Waals surface area (Å²) in [5.74, 6) is -0.380. The highest BCUT2D eigenvalue weighted by atomic mass is 16.6. The number of aromatic nitrogens is 2. The SMILES string of the molecule is Nc1nc(C2OC(CO)C(O)C2O)[nH]c1C(=O)NCc1ccccc1. The number of aliphatic hydroxyl groups is 3. The Kier molecular flexibility index (Phi) is 5.00. The zero-order valence-electron chi connectivity index (χ0n) is 13.3. The zero-order chi connectivity index (χ0) is 18.0. The van der Waals surface area contributed by atoms with E-state index in [1.807, 2.05) is 30.3 Å². The molecule has 9 nitrogen and oxygen atoms in total. The largest absolute Gasteiger partial charge is 0.394 e. The van der Waals surface area contributed by atoms with Crippen LogP contribution in [0.2, 0.25) is 0 Å². The van der Waals surface area contributed by atoms with Crippen molar-refractivity contribution in [1.29, 1.82) is 0 Å². The number of imidazole rings is 1. The van der Waals surface area contributed by atoms with E-state index in [9.17, 15) is 15.0 Å². The molecule has 0 aliphatic carbocycles. The van der Waals surface area contributed by atoms with Crippen molar-refractivity contribution < 1.29 is 24.9 Å². The predicted octanol–water partition coefficient (Wildman–Crippen LogP) is -0.924. The molecule has 25 heavy (non-hydrogen) atoms. The third-order valence-electron chi connectivity index (χ3n) is 4.08. The monoisotopic (exact) mass is 348 g/mol. The lowest BCUT2D eigenvalue weighted by Crippen LogP contribution is -2.32. The van der Waals surface area contributed by atoms with Gasteiger partial charge >= 0.3 is 0 Å². The van der Waals surface area contributed by atoms with Gasteiger partial charge in [-0.15, -0.1) is 0 Å². The maximum absolute atomic E-state index is 12.3. The van der Waals surface area contributed by atoms with E-state index < -0.39 is 36.9 Å². The van der Waals surface area contributed by atoms with E-state index >= 15 is 0 Å². The number of rotatable bonds is 5. The lowest BCUT2D eigenvalue weighted by molar-refractivity contribution is -0.0250. The number of amides is 1. The Morgan fingerprint density at radius 2 is 2.00 bits per heavy atom. The Balaban J connectivity index is 1.71. The number of nitrogens with zero attached hydrogens (tertiary/aromatic N) is 1.